The second-order valence-corrected chi connectivity index (χ2v) is 6.08. The topological polar surface area (TPSA) is 9.23 Å². The molecule has 0 N–H and O–H groups in total. The SMILES string of the molecule is CC1Cc2ccc(OCc3cc(F)cc(C(F)(F)F)c3)cc2C1. The Bertz CT molecular complexity index is 721. The van der Waals surface area contributed by atoms with Crippen molar-refractivity contribution in [3.8, 4) is 5.75 Å². The molecule has 23 heavy (non-hydrogen) atoms. The lowest BCUT2D eigenvalue weighted by Crippen LogP contribution is -2.07. The number of alkyl halides is 3. The Morgan fingerprint density at radius 3 is 2.52 bits per heavy atom. The summed E-state index contributed by atoms with van der Waals surface area (Å²) in [6, 6.07) is 8.17. The fourth-order valence-corrected chi connectivity index (χ4v) is 2.97. The highest BCUT2D eigenvalue weighted by atomic mass is 19.4. The lowest BCUT2D eigenvalue weighted by atomic mass is 10.1. The first-order valence-corrected chi connectivity index (χ1v) is 7.42. The van der Waals surface area contributed by atoms with Crippen molar-refractivity contribution in [2.75, 3.05) is 0 Å². The molecule has 1 aliphatic carbocycles. The maximum absolute atomic E-state index is 13.4. The highest BCUT2D eigenvalue weighted by molar-refractivity contribution is 5.39. The molecular weight excluding hydrogens is 308 g/mol. The van der Waals surface area contributed by atoms with Crippen molar-refractivity contribution < 1.29 is 22.3 Å². The van der Waals surface area contributed by atoms with Crippen molar-refractivity contribution in [2.45, 2.75) is 32.5 Å². The summed E-state index contributed by atoms with van der Waals surface area (Å²) in [5, 5.41) is 0. The molecule has 1 aliphatic rings. The van der Waals surface area contributed by atoms with Crippen LogP contribution in [0.2, 0.25) is 0 Å². The summed E-state index contributed by atoms with van der Waals surface area (Å²) in [4.78, 5) is 0. The van der Waals surface area contributed by atoms with E-state index in [1.54, 1.807) is 6.07 Å². The summed E-state index contributed by atoms with van der Waals surface area (Å²) < 4.78 is 57.0. The van der Waals surface area contributed by atoms with E-state index in [0.717, 1.165) is 25.0 Å². The number of hydrogen-bond acceptors (Lipinski definition) is 1. The lowest BCUT2D eigenvalue weighted by molar-refractivity contribution is -0.137. The Morgan fingerprint density at radius 1 is 1.04 bits per heavy atom. The fourth-order valence-electron chi connectivity index (χ4n) is 2.97. The predicted molar refractivity (Wildman–Crippen MR) is 78.7 cm³/mol. The largest absolute Gasteiger partial charge is 0.489 e. The molecule has 1 unspecified atom stereocenters. The van der Waals surface area contributed by atoms with Gasteiger partial charge in [-0.1, -0.05) is 13.0 Å². The van der Waals surface area contributed by atoms with Gasteiger partial charge in [-0.15, -0.1) is 0 Å². The summed E-state index contributed by atoms with van der Waals surface area (Å²) in [7, 11) is 0. The predicted octanol–water partition coefficient (Wildman–Crippen LogP) is 5.16. The molecule has 0 saturated heterocycles. The molecule has 1 atom stereocenters. The van der Waals surface area contributed by atoms with Crippen LogP contribution in [0, 0.1) is 11.7 Å². The van der Waals surface area contributed by atoms with Crippen molar-refractivity contribution in [3.63, 3.8) is 0 Å². The van der Waals surface area contributed by atoms with Gasteiger partial charge in [0.25, 0.3) is 0 Å². The van der Waals surface area contributed by atoms with Crippen LogP contribution in [-0.4, -0.2) is 0 Å². The van der Waals surface area contributed by atoms with Crippen LogP contribution < -0.4 is 4.74 Å². The molecule has 0 spiro atoms. The molecule has 0 aromatic heterocycles. The van der Waals surface area contributed by atoms with E-state index >= 15 is 0 Å². The Balaban J connectivity index is 1.74. The molecule has 2 aromatic rings. The smallest absolute Gasteiger partial charge is 0.416 e. The van der Waals surface area contributed by atoms with E-state index in [1.807, 2.05) is 12.1 Å². The molecule has 0 amide bonds. The molecule has 0 aliphatic heterocycles. The number of fused-ring (bicyclic) bond motifs is 1. The molecule has 0 radical (unpaired) electrons. The van der Waals surface area contributed by atoms with Crippen LogP contribution in [0.1, 0.15) is 29.2 Å². The molecule has 1 nitrogen and oxygen atoms in total. The number of hydrogen-bond donors (Lipinski definition) is 0. The first-order valence-electron chi connectivity index (χ1n) is 7.42. The average molecular weight is 324 g/mol. The Kier molecular flexibility index (Phi) is 4.04. The minimum Gasteiger partial charge on any atom is -0.489 e. The molecule has 0 fully saturated rings. The van der Waals surface area contributed by atoms with Gasteiger partial charge in [-0.2, -0.15) is 13.2 Å². The number of halogens is 4. The second kappa shape index (κ2) is 5.87. The molecule has 0 saturated carbocycles. The van der Waals surface area contributed by atoms with E-state index < -0.39 is 17.6 Å². The van der Waals surface area contributed by atoms with Crippen molar-refractivity contribution >= 4 is 0 Å². The van der Waals surface area contributed by atoms with Crippen molar-refractivity contribution in [2.24, 2.45) is 5.92 Å². The van der Waals surface area contributed by atoms with Gasteiger partial charge in [0.15, 0.2) is 0 Å². The second-order valence-electron chi connectivity index (χ2n) is 6.08. The molecule has 122 valence electrons. The number of benzene rings is 2. The van der Waals surface area contributed by atoms with Crippen molar-refractivity contribution in [3.05, 3.63) is 64.5 Å². The summed E-state index contributed by atoms with van der Waals surface area (Å²) in [5.41, 5.74) is 1.66. The molecular formula is C18H16F4O. The van der Waals surface area contributed by atoms with Gasteiger partial charge in [0.1, 0.15) is 18.2 Å². The summed E-state index contributed by atoms with van der Waals surface area (Å²) in [6.07, 6.45) is -2.56. The van der Waals surface area contributed by atoms with Gasteiger partial charge in [-0.3, -0.25) is 0 Å². The molecule has 0 bridgehead atoms. The lowest BCUT2D eigenvalue weighted by Gasteiger charge is -2.11. The third kappa shape index (κ3) is 3.66. The van der Waals surface area contributed by atoms with Crippen LogP contribution in [0.25, 0.3) is 0 Å². The highest BCUT2D eigenvalue weighted by Crippen LogP contribution is 2.32. The summed E-state index contributed by atoms with van der Waals surface area (Å²) >= 11 is 0. The van der Waals surface area contributed by atoms with Gasteiger partial charge in [-0.25, -0.2) is 4.39 Å². The molecule has 2 aromatic carbocycles. The van der Waals surface area contributed by atoms with Crippen molar-refractivity contribution in [1.82, 2.24) is 0 Å². The first kappa shape index (κ1) is 15.8. The quantitative estimate of drug-likeness (QED) is 0.709. The Hall–Kier alpha value is -2.04. The van der Waals surface area contributed by atoms with Gasteiger partial charge in [0, 0.05) is 0 Å². The first-order chi connectivity index (χ1) is 10.8. The van der Waals surface area contributed by atoms with Gasteiger partial charge < -0.3 is 4.74 Å². The third-order valence-corrected chi connectivity index (χ3v) is 4.00. The minimum absolute atomic E-state index is 0.102. The minimum atomic E-state index is -4.57. The van der Waals surface area contributed by atoms with E-state index in [0.29, 0.717) is 17.7 Å². The van der Waals surface area contributed by atoms with E-state index in [1.165, 1.54) is 11.1 Å². The zero-order valence-electron chi connectivity index (χ0n) is 12.6. The molecule has 0 heterocycles. The molecule has 3 rings (SSSR count). The van der Waals surface area contributed by atoms with Crippen LogP contribution in [-0.2, 0) is 25.6 Å². The van der Waals surface area contributed by atoms with Crippen LogP contribution in [0.3, 0.4) is 0 Å². The maximum Gasteiger partial charge on any atom is 0.416 e. The normalized spacial score (nSPS) is 17.2. The number of ether oxygens (including phenoxy) is 1. The molecule has 5 heteroatoms. The fraction of sp³-hybridized carbons (Fsp3) is 0.333. The van der Waals surface area contributed by atoms with E-state index in [2.05, 4.69) is 6.92 Å². The van der Waals surface area contributed by atoms with Gasteiger partial charge in [-0.05, 0) is 65.8 Å². The van der Waals surface area contributed by atoms with Gasteiger partial charge in [0.05, 0.1) is 5.56 Å². The Morgan fingerprint density at radius 2 is 1.78 bits per heavy atom. The van der Waals surface area contributed by atoms with Crippen LogP contribution in [0.4, 0.5) is 17.6 Å². The monoisotopic (exact) mass is 324 g/mol. The summed E-state index contributed by atoms with van der Waals surface area (Å²) in [5.74, 6) is 0.273. The zero-order chi connectivity index (χ0) is 16.6. The summed E-state index contributed by atoms with van der Waals surface area (Å²) in [6.45, 7) is 2.07. The van der Waals surface area contributed by atoms with E-state index in [-0.39, 0.29) is 12.2 Å². The Labute approximate surface area is 131 Å². The van der Waals surface area contributed by atoms with E-state index in [4.69, 9.17) is 4.74 Å². The average Bonchev–Trinajstić information content (AvgIpc) is 2.83. The van der Waals surface area contributed by atoms with E-state index in [9.17, 15) is 17.6 Å². The number of rotatable bonds is 3. The third-order valence-electron chi connectivity index (χ3n) is 4.00. The van der Waals surface area contributed by atoms with Crippen LogP contribution in [0.15, 0.2) is 36.4 Å². The van der Waals surface area contributed by atoms with Crippen LogP contribution in [0.5, 0.6) is 5.75 Å². The van der Waals surface area contributed by atoms with Gasteiger partial charge >= 0.3 is 6.18 Å². The van der Waals surface area contributed by atoms with Crippen LogP contribution >= 0.6 is 0 Å². The zero-order valence-corrected chi connectivity index (χ0v) is 12.6. The van der Waals surface area contributed by atoms with Crippen molar-refractivity contribution in [1.29, 1.82) is 0 Å². The van der Waals surface area contributed by atoms with Gasteiger partial charge in [0.2, 0.25) is 0 Å². The standard InChI is InChI=1S/C18H16F4O/c1-11-4-13-2-3-17(8-14(13)5-11)23-10-12-6-15(18(20,21)22)9-16(19)7-12/h2-3,6-9,11H,4-5,10H2,1H3. The maximum atomic E-state index is 13.4. The highest BCUT2D eigenvalue weighted by Gasteiger charge is 2.31.